The number of carbonyl (C=O) groups is 1. The van der Waals surface area contributed by atoms with E-state index in [9.17, 15) is 9.18 Å². The summed E-state index contributed by atoms with van der Waals surface area (Å²) in [6.45, 7) is 0.726. The fourth-order valence-electron chi connectivity index (χ4n) is 2.43. The number of aromatic nitrogens is 1. The number of hydrogen-bond donors (Lipinski definition) is 0. The van der Waals surface area contributed by atoms with Crippen molar-refractivity contribution in [3.8, 4) is 5.75 Å². The van der Waals surface area contributed by atoms with E-state index in [1.165, 1.54) is 29.5 Å². The molecule has 0 aliphatic heterocycles. The van der Waals surface area contributed by atoms with Crippen LogP contribution in [0.4, 0.5) is 4.39 Å². The van der Waals surface area contributed by atoms with Crippen molar-refractivity contribution in [3.63, 3.8) is 0 Å². The third kappa shape index (κ3) is 3.93. The second-order valence-electron chi connectivity index (χ2n) is 5.29. The highest BCUT2D eigenvalue weighted by atomic mass is 32.2. The van der Waals surface area contributed by atoms with E-state index in [4.69, 9.17) is 4.74 Å². The van der Waals surface area contributed by atoms with Crippen LogP contribution >= 0.6 is 23.1 Å². The number of hydrogen-bond acceptors (Lipinski definition) is 4. The maximum atomic E-state index is 13.3. The van der Waals surface area contributed by atoms with E-state index in [1.54, 1.807) is 24.9 Å². The molecule has 3 aromatic rings. The van der Waals surface area contributed by atoms with Gasteiger partial charge in [-0.2, -0.15) is 16.8 Å². The number of rotatable bonds is 5. The molecule has 0 spiro atoms. The van der Waals surface area contributed by atoms with Crippen molar-refractivity contribution < 1.29 is 13.9 Å². The van der Waals surface area contributed by atoms with E-state index in [0.717, 1.165) is 28.3 Å². The summed E-state index contributed by atoms with van der Waals surface area (Å²) in [6.07, 6.45) is 2.03. The average molecular weight is 376 g/mol. The van der Waals surface area contributed by atoms with Crippen molar-refractivity contribution in [1.29, 1.82) is 0 Å². The van der Waals surface area contributed by atoms with Crippen molar-refractivity contribution in [3.05, 3.63) is 58.6 Å². The van der Waals surface area contributed by atoms with Gasteiger partial charge in [0.15, 0.2) is 4.80 Å². The first-order valence-electron chi connectivity index (χ1n) is 7.63. The topological polar surface area (TPSA) is 43.6 Å². The van der Waals surface area contributed by atoms with Gasteiger partial charge in [-0.25, -0.2) is 4.39 Å². The molecular weight excluding hydrogens is 359 g/mol. The Kier molecular flexibility index (Phi) is 5.55. The lowest BCUT2D eigenvalue weighted by atomic mass is 10.2. The van der Waals surface area contributed by atoms with Crippen LogP contribution in [0.3, 0.4) is 0 Å². The van der Waals surface area contributed by atoms with Gasteiger partial charge in [0.05, 0.1) is 17.3 Å². The maximum Gasteiger partial charge on any atom is 0.279 e. The van der Waals surface area contributed by atoms with Crippen LogP contribution in [-0.4, -0.2) is 29.6 Å². The number of thioether (sulfide) groups is 1. The number of amides is 1. The minimum Gasteiger partial charge on any atom is -0.497 e. The predicted molar refractivity (Wildman–Crippen MR) is 101 cm³/mol. The number of benzene rings is 2. The first kappa shape index (κ1) is 17.7. The summed E-state index contributed by atoms with van der Waals surface area (Å²) in [6, 6.07) is 11.4. The molecule has 0 atom stereocenters. The van der Waals surface area contributed by atoms with E-state index >= 15 is 0 Å². The number of fused-ring (bicyclic) bond motifs is 1. The number of aryl methyl sites for hydroxylation is 1. The first-order chi connectivity index (χ1) is 12.1. The van der Waals surface area contributed by atoms with Crippen LogP contribution in [0.15, 0.2) is 47.5 Å². The lowest BCUT2D eigenvalue weighted by Gasteiger charge is -2.05. The summed E-state index contributed by atoms with van der Waals surface area (Å²) in [4.78, 5) is 17.3. The molecule has 0 bridgehead atoms. The van der Waals surface area contributed by atoms with E-state index in [2.05, 4.69) is 4.99 Å². The molecule has 0 radical (unpaired) electrons. The smallest absolute Gasteiger partial charge is 0.279 e. The van der Waals surface area contributed by atoms with Gasteiger partial charge in [0, 0.05) is 23.9 Å². The Morgan fingerprint density at radius 1 is 1.32 bits per heavy atom. The second-order valence-corrected chi connectivity index (χ2v) is 7.28. The number of methoxy groups -OCH3 is 1. The highest BCUT2D eigenvalue weighted by Crippen LogP contribution is 2.23. The molecule has 130 valence electrons. The second kappa shape index (κ2) is 7.84. The van der Waals surface area contributed by atoms with Crippen LogP contribution in [0.1, 0.15) is 10.4 Å². The summed E-state index contributed by atoms with van der Waals surface area (Å²) in [7, 11) is 1.62. The van der Waals surface area contributed by atoms with Crippen molar-refractivity contribution >= 4 is 39.2 Å². The minimum absolute atomic E-state index is 0.242. The zero-order valence-corrected chi connectivity index (χ0v) is 15.5. The van der Waals surface area contributed by atoms with Crippen molar-refractivity contribution in [1.82, 2.24) is 4.57 Å². The molecule has 1 heterocycles. The van der Waals surface area contributed by atoms with Crippen LogP contribution in [0, 0.1) is 5.82 Å². The standard InChI is InChI=1S/C18H17FN2O2S2/c1-23-14-6-7-16-15(11-14)21(8-9-24-2)18(25-16)20-17(22)12-4-3-5-13(19)10-12/h3-7,10-11H,8-9H2,1-2H3. The van der Waals surface area contributed by atoms with Crippen LogP contribution in [0.5, 0.6) is 5.75 Å². The van der Waals surface area contributed by atoms with Gasteiger partial charge < -0.3 is 9.30 Å². The van der Waals surface area contributed by atoms with Crippen molar-refractivity contribution in [2.45, 2.75) is 6.54 Å². The monoisotopic (exact) mass is 376 g/mol. The summed E-state index contributed by atoms with van der Waals surface area (Å²) < 4.78 is 21.7. The number of carbonyl (C=O) groups excluding carboxylic acids is 1. The van der Waals surface area contributed by atoms with Crippen LogP contribution in [-0.2, 0) is 6.54 Å². The lowest BCUT2D eigenvalue weighted by molar-refractivity contribution is 0.0997. The molecule has 1 amide bonds. The Balaban J connectivity index is 2.11. The zero-order chi connectivity index (χ0) is 17.8. The molecule has 7 heteroatoms. The average Bonchev–Trinajstić information content (AvgIpc) is 2.96. The summed E-state index contributed by atoms with van der Waals surface area (Å²) >= 11 is 3.16. The predicted octanol–water partition coefficient (Wildman–Crippen LogP) is 3.95. The number of ether oxygens (including phenoxy) is 1. The van der Waals surface area contributed by atoms with E-state index in [0.29, 0.717) is 4.80 Å². The molecule has 0 aliphatic rings. The van der Waals surface area contributed by atoms with Gasteiger partial charge in [0.25, 0.3) is 5.91 Å². The fourth-order valence-corrected chi connectivity index (χ4v) is 3.83. The van der Waals surface area contributed by atoms with Gasteiger partial charge in [0.1, 0.15) is 11.6 Å². The Hall–Kier alpha value is -2.12. The normalized spacial score (nSPS) is 11.9. The Morgan fingerprint density at radius 2 is 2.16 bits per heavy atom. The molecule has 0 unspecified atom stereocenters. The minimum atomic E-state index is -0.448. The van der Waals surface area contributed by atoms with Crippen LogP contribution < -0.4 is 9.54 Å². The number of thiazole rings is 1. The first-order valence-corrected chi connectivity index (χ1v) is 9.84. The Morgan fingerprint density at radius 3 is 2.88 bits per heavy atom. The molecule has 0 saturated carbocycles. The third-order valence-corrected chi connectivity index (χ3v) is 5.33. The van der Waals surface area contributed by atoms with Crippen molar-refractivity contribution in [2.24, 2.45) is 4.99 Å². The quantitative estimate of drug-likeness (QED) is 0.677. The molecule has 0 fully saturated rings. The largest absolute Gasteiger partial charge is 0.497 e. The molecular formula is C18H17FN2O2S2. The van der Waals surface area contributed by atoms with Crippen LogP contribution in [0.25, 0.3) is 10.2 Å². The molecule has 4 nitrogen and oxygen atoms in total. The number of nitrogens with zero attached hydrogens (tertiary/aromatic N) is 2. The number of halogens is 1. The molecule has 25 heavy (non-hydrogen) atoms. The van der Waals surface area contributed by atoms with E-state index in [1.807, 2.05) is 29.0 Å². The Bertz CT molecular complexity index is 979. The van der Waals surface area contributed by atoms with Gasteiger partial charge in [-0.15, -0.1) is 0 Å². The summed E-state index contributed by atoms with van der Waals surface area (Å²) in [5, 5.41) is 0. The molecule has 0 aliphatic carbocycles. The lowest BCUT2D eigenvalue weighted by Crippen LogP contribution is -2.18. The third-order valence-electron chi connectivity index (χ3n) is 3.68. The van der Waals surface area contributed by atoms with Crippen molar-refractivity contribution in [2.75, 3.05) is 19.1 Å². The molecule has 3 rings (SSSR count). The fraction of sp³-hybridized carbons (Fsp3) is 0.222. The van der Waals surface area contributed by atoms with E-state index in [-0.39, 0.29) is 5.56 Å². The van der Waals surface area contributed by atoms with Gasteiger partial charge >= 0.3 is 0 Å². The Labute approximate surface area is 153 Å². The molecule has 1 aromatic heterocycles. The molecule has 0 N–H and O–H groups in total. The summed E-state index contributed by atoms with van der Waals surface area (Å²) in [5.41, 5.74) is 1.22. The van der Waals surface area contributed by atoms with Crippen LogP contribution in [0.2, 0.25) is 0 Å². The highest BCUT2D eigenvalue weighted by molar-refractivity contribution is 7.98. The zero-order valence-electron chi connectivity index (χ0n) is 13.9. The molecule has 2 aromatic carbocycles. The van der Waals surface area contributed by atoms with Gasteiger partial charge in [-0.3, -0.25) is 4.79 Å². The highest BCUT2D eigenvalue weighted by Gasteiger charge is 2.10. The van der Waals surface area contributed by atoms with Gasteiger partial charge in [0.2, 0.25) is 0 Å². The molecule has 0 saturated heterocycles. The SMILES string of the molecule is COc1ccc2sc(=NC(=O)c3cccc(F)c3)n(CCSC)c2c1. The summed E-state index contributed by atoms with van der Waals surface area (Å²) in [5.74, 6) is 0.754. The maximum absolute atomic E-state index is 13.3. The van der Waals surface area contributed by atoms with E-state index < -0.39 is 11.7 Å². The van der Waals surface area contributed by atoms with Gasteiger partial charge in [-0.05, 0) is 36.6 Å². The van der Waals surface area contributed by atoms with Gasteiger partial charge in [-0.1, -0.05) is 17.4 Å².